The summed E-state index contributed by atoms with van der Waals surface area (Å²) in [6, 6.07) is -0.823. The first-order valence-electron chi connectivity index (χ1n) is 16.2. The number of carbonyl (C=O) groups excluding carboxylic acids is 2. The molecule has 0 spiro atoms. The lowest BCUT2D eigenvalue weighted by Crippen LogP contribution is -2.54. The Morgan fingerprint density at radius 2 is 1.66 bits per heavy atom. The van der Waals surface area contributed by atoms with Gasteiger partial charge in [-0.1, -0.05) is 53.9 Å². The number of amides is 1. The summed E-state index contributed by atoms with van der Waals surface area (Å²) in [5.41, 5.74) is 6.83. The molecule has 0 saturated heterocycles. The Balaban J connectivity index is 1.34. The molecule has 0 aliphatic heterocycles. The summed E-state index contributed by atoms with van der Waals surface area (Å²) in [6.45, 7) is 14.9. The van der Waals surface area contributed by atoms with E-state index in [4.69, 9.17) is 10.5 Å². The van der Waals surface area contributed by atoms with E-state index in [1.165, 1.54) is 57.8 Å². The lowest BCUT2D eigenvalue weighted by molar-refractivity contribution is -0.163. The average Bonchev–Trinajstić information content (AvgIpc) is 3.21. The quantitative estimate of drug-likeness (QED) is 0.302. The molecule has 4 aliphatic rings. The summed E-state index contributed by atoms with van der Waals surface area (Å²) in [4.78, 5) is 24.5. The Kier molecular flexibility index (Phi) is 9.58. The molecule has 38 heavy (non-hydrogen) atoms. The first-order chi connectivity index (χ1) is 18.0. The van der Waals surface area contributed by atoms with Gasteiger partial charge in [0, 0.05) is 6.54 Å². The molecule has 3 N–H and O–H groups in total. The topological polar surface area (TPSA) is 81.4 Å². The first kappa shape index (κ1) is 29.9. The monoisotopic (exact) mass is 530 g/mol. The van der Waals surface area contributed by atoms with Crippen LogP contribution in [0.25, 0.3) is 0 Å². The highest BCUT2D eigenvalue weighted by molar-refractivity contribution is 5.86. The molecular formula is C33H58N2O3. The van der Waals surface area contributed by atoms with Gasteiger partial charge in [-0.2, -0.15) is 0 Å². The Hall–Kier alpha value is -1.10. The van der Waals surface area contributed by atoms with Gasteiger partial charge in [0.15, 0.2) is 0 Å². The molecule has 4 aliphatic carbocycles. The second kappa shape index (κ2) is 12.2. The van der Waals surface area contributed by atoms with Crippen LogP contribution in [0.3, 0.4) is 0 Å². The van der Waals surface area contributed by atoms with Crippen molar-refractivity contribution in [3.05, 3.63) is 0 Å². The van der Waals surface area contributed by atoms with Gasteiger partial charge < -0.3 is 15.8 Å². The molecule has 218 valence electrons. The van der Waals surface area contributed by atoms with Crippen molar-refractivity contribution in [2.75, 3.05) is 6.54 Å². The number of ether oxygens (including phenoxy) is 1. The maximum Gasteiger partial charge on any atom is 0.308 e. The molecule has 4 rings (SSSR count). The van der Waals surface area contributed by atoms with Crippen molar-refractivity contribution in [3.8, 4) is 0 Å². The van der Waals surface area contributed by atoms with Crippen LogP contribution in [0, 0.1) is 52.3 Å². The number of esters is 1. The highest BCUT2D eigenvalue weighted by Crippen LogP contribution is 2.68. The number of fused-ring (bicyclic) bond motifs is 5. The average molecular weight is 531 g/mol. The highest BCUT2D eigenvalue weighted by atomic mass is 16.5. The van der Waals surface area contributed by atoms with Crippen molar-refractivity contribution >= 4 is 11.9 Å². The minimum atomic E-state index is -0.823. The SMILES string of the molecule is CCNC(=O)[C@@H](N)CC(=O)O[C@H]1CC[C@@]2(C)[C@@H](CC[C@@H]3[C@@H]2CC[C@]2(C)[C@@H]([C@H](C)CCCC(C)C)CC[C@@H]32)C1. The molecule has 0 aromatic heterocycles. The van der Waals surface area contributed by atoms with Crippen molar-refractivity contribution in [1.82, 2.24) is 5.32 Å². The van der Waals surface area contributed by atoms with Crippen LogP contribution in [0.1, 0.15) is 125 Å². The van der Waals surface area contributed by atoms with E-state index >= 15 is 0 Å². The van der Waals surface area contributed by atoms with Gasteiger partial charge in [0.2, 0.25) is 5.91 Å². The van der Waals surface area contributed by atoms with Gasteiger partial charge in [-0.05, 0) is 117 Å². The third-order valence-electron chi connectivity index (χ3n) is 12.2. The molecule has 10 atom stereocenters. The molecule has 0 radical (unpaired) electrons. The number of hydrogen-bond acceptors (Lipinski definition) is 4. The van der Waals surface area contributed by atoms with Crippen molar-refractivity contribution in [2.45, 2.75) is 137 Å². The van der Waals surface area contributed by atoms with Crippen molar-refractivity contribution in [3.63, 3.8) is 0 Å². The fourth-order valence-electron chi connectivity index (χ4n) is 10.2. The normalized spacial score (nSPS) is 40.0. The predicted octanol–water partition coefficient (Wildman–Crippen LogP) is 6.87. The van der Waals surface area contributed by atoms with Crippen molar-refractivity contribution in [1.29, 1.82) is 0 Å². The number of likely N-dealkylation sites (N-methyl/N-ethyl adjacent to an activating group) is 1. The third-order valence-corrected chi connectivity index (χ3v) is 12.2. The van der Waals surface area contributed by atoms with Crippen molar-refractivity contribution < 1.29 is 14.3 Å². The van der Waals surface area contributed by atoms with Crippen LogP contribution >= 0.6 is 0 Å². The van der Waals surface area contributed by atoms with Gasteiger partial charge in [-0.25, -0.2) is 0 Å². The molecule has 5 nitrogen and oxygen atoms in total. The third kappa shape index (κ3) is 5.98. The van der Waals surface area contributed by atoms with Crippen LogP contribution in [0.15, 0.2) is 0 Å². The molecule has 0 aromatic rings. The van der Waals surface area contributed by atoms with E-state index in [9.17, 15) is 9.59 Å². The molecule has 4 fully saturated rings. The number of carbonyl (C=O) groups is 2. The Morgan fingerprint density at radius 3 is 2.37 bits per heavy atom. The van der Waals surface area contributed by atoms with Crippen LogP contribution in [-0.4, -0.2) is 30.6 Å². The molecule has 5 heteroatoms. The van der Waals surface area contributed by atoms with Gasteiger partial charge >= 0.3 is 5.97 Å². The number of nitrogens with two attached hydrogens (primary N) is 1. The molecule has 0 unspecified atom stereocenters. The largest absolute Gasteiger partial charge is 0.462 e. The Bertz CT molecular complexity index is 829. The van der Waals surface area contributed by atoms with E-state index in [0.29, 0.717) is 23.3 Å². The zero-order valence-electron chi connectivity index (χ0n) is 25.4. The van der Waals surface area contributed by atoms with Gasteiger partial charge in [-0.15, -0.1) is 0 Å². The zero-order valence-corrected chi connectivity index (χ0v) is 25.4. The lowest BCUT2D eigenvalue weighted by atomic mass is 9.44. The maximum absolute atomic E-state index is 12.6. The Morgan fingerprint density at radius 1 is 0.947 bits per heavy atom. The second-order valence-electron chi connectivity index (χ2n) is 14.8. The van der Waals surface area contributed by atoms with Crippen LogP contribution < -0.4 is 11.1 Å². The molecule has 0 bridgehead atoms. The van der Waals surface area contributed by atoms with E-state index in [-0.39, 0.29) is 24.4 Å². The molecule has 0 heterocycles. The minimum absolute atomic E-state index is 0.0185. The lowest BCUT2D eigenvalue weighted by Gasteiger charge is -2.61. The molecular weight excluding hydrogens is 472 g/mol. The van der Waals surface area contributed by atoms with Gasteiger partial charge in [-0.3, -0.25) is 9.59 Å². The van der Waals surface area contributed by atoms with Gasteiger partial charge in [0.1, 0.15) is 6.10 Å². The van der Waals surface area contributed by atoms with E-state index in [2.05, 4.69) is 39.9 Å². The number of rotatable bonds is 10. The summed E-state index contributed by atoms with van der Waals surface area (Å²) < 4.78 is 5.89. The fraction of sp³-hybridized carbons (Fsp3) is 0.939. The van der Waals surface area contributed by atoms with Crippen LogP contribution in [0.4, 0.5) is 0 Å². The van der Waals surface area contributed by atoms with E-state index in [0.717, 1.165) is 54.8 Å². The summed E-state index contributed by atoms with van der Waals surface area (Å²) >= 11 is 0. The van der Waals surface area contributed by atoms with E-state index in [1.54, 1.807) is 0 Å². The molecule has 1 amide bonds. The standard InChI is InChI=1S/C33H58N2O3/c1-7-35-31(37)29(34)20-30(36)38-24-15-17-32(5)23(19-24)11-12-25-27-14-13-26(22(4)10-8-9-21(2)3)33(27,6)18-16-28(25)32/h21-29H,7-20,34H2,1-6H3,(H,35,37)/t22-,23+,24+,25+,26-,27+,28+,29+,32+,33-/m1/s1. The van der Waals surface area contributed by atoms with Gasteiger partial charge in [0.25, 0.3) is 0 Å². The number of hydrogen-bond donors (Lipinski definition) is 2. The van der Waals surface area contributed by atoms with Crippen LogP contribution in [0.2, 0.25) is 0 Å². The molecule has 0 aromatic carbocycles. The minimum Gasteiger partial charge on any atom is -0.462 e. The summed E-state index contributed by atoms with van der Waals surface area (Å²) in [5.74, 6) is 5.26. The summed E-state index contributed by atoms with van der Waals surface area (Å²) in [5, 5.41) is 2.69. The van der Waals surface area contributed by atoms with Crippen LogP contribution in [-0.2, 0) is 14.3 Å². The Labute approximate surface area is 233 Å². The first-order valence-corrected chi connectivity index (χ1v) is 16.2. The fourth-order valence-corrected chi connectivity index (χ4v) is 10.2. The summed E-state index contributed by atoms with van der Waals surface area (Å²) in [7, 11) is 0. The van der Waals surface area contributed by atoms with Crippen molar-refractivity contribution in [2.24, 2.45) is 58.0 Å². The van der Waals surface area contributed by atoms with Crippen LogP contribution in [0.5, 0.6) is 0 Å². The second-order valence-corrected chi connectivity index (χ2v) is 14.8. The highest BCUT2D eigenvalue weighted by Gasteiger charge is 2.60. The van der Waals surface area contributed by atoms with E-state index in [1.807, 2.05) is 6.92 Å². The van der Waals surface area contributed by atoms with Gasteiger partial charge in [0.05, 0.1) is 12.5 Å². The molecule has 4 saturated carbocycles. The summed E-state index contributed by atoms with van der Waals surface area (Å²) in [6.07, 6.45) is 15.6. The number of nitrogens with one attached hydrogen (secondary N) is 1. The zero-order chi connectivity index (χ0) is 27.7. The van der Waals surface area contributed by atoms with E-state index < -0.39 is 6.04 Å². The smallest absolute Gasteiger partial charge is 0.308 e. The maximum atomic E-state index is 12.6. The predicted molar refractivity (Wildman–Crippen MR) is 154 cm³/mol.